The first-order valence-electron chi connectivity index (χ1n) is 12.4. The molecule has 1 aliphatic rings. The minimum Gasteiger partial charge on any atom is -0.494 e. The number of fused-ring (bicyclic) bond motifs is 1. The summed E-state index contributed by atoms with van der Waals surface area (Å²) in [4.78, 5) is 23.9. The second kappa shape index (κ2) is 11.0. The standard InChI is InChI=1S/C27H31F4NO8S/c1-15-22(14-25(2,3)24(34)35)39-20-10-7-16(12-23(33)40-26(4,5)27(29,30)31)11-19(20)32(15)41(36,37)17-8-9-18(28)21(13-17)38-6/h7-11,13,15,22H,12,14H2,1-6H3,(H,34,35)/t15-,22+/m1/s1. The van der Waals surface area contributed by atoms with E-state index in [2.05, 4.69) is 4.74 Å². The van der Waals surface area contributed by atoms with Crippen LogP contribution in [0.5, 0.6) is 11.5 Å². The van der Waals surface area contributed by atoms with Crippen molar-refractivity contribution in [3.63, 3.8) is 0 Å². The van der Waals surface area contributed by atoms with Gasteiger partial charge in [0.2, 0.25) is 5.60 Å². The maximum Gasteiger partial charge on any atom is 0.427 e. The number of carbonyl (C=O) groups is 2. The maximum atomic E-state index is 14.1. The van der Waals surface area contributed by atoms with Crippen LogP contribution in [0, 0.1) is 11.2 Å². The Morgan fingerprint density at radius 3 is 2.27 bits per heavy atom. The number of anilines is 1. The molecule has 0 fully saturated rings. The van der Waals surface area contributed by atoms with Crippen molar-refractivity contribution in [1.29, 1.82) is 0 Å². The van der Waals surface area contributed by atoms with E-state index >= 15 is 0 Å². The second-order valence-corrected chi connectivity index (χ2v) is 12.7. The Hall–Kier alpha value is -3.55. The summed E-state index contributed by atoms with van der Waals surface area (Å²) in [5.74, 6) is -3.44. The van der Waals surface area contributed by atoms with Crippen molar-refractivity contribution in [2.24, 2.45) is 5.41 Å². The lowest BCUT2D eigenvalue weighted by molar-refractivity contribution is -0.257. The van der Waals surface area contributed by atoms with Crippen LogP contribution in [-0.4, -0.2) is 56.5 Å². The zero-order valence-electron chi connectivity index (χ0n) is 23.2. The number of rotatable bonds is 9. The average molecular weight is 606 g/mol. The van der Waals surface area contributed by atoms with Crippen LogP contribution in [0.4, 0.5) is 23.2 Å². The quantitative estimate of drug-likeness (QED) is 0.310. The highest BCUT2D eigenvalue weighted by Gasteiger charge is 2.51. The Morgan fingerprint density at radius 1 is 1.07 bits per heavy atom. The van der Waals surface area contributed by atoms with Crippen LogP contribution in [0.3, 0.4) is 0 Å². The molecule has 0 aliphatic carbocycles. The number of sulfonamides is 1. The summed E-state index contributed by atoms with van der Waals surface area (Å²) in [5.41, 5.74) is -3.98. The zero-order valence-corrected chi connectivity index (χ0v) is 24.0. The molecule has 0 unspecified atom stereocenters. The molecule has 0 bridgehead atoms. The first-order chi connectivity index (χ1) is 18.7. The van der Waals surface area contributed by atoms with Crippen LogP contribution in [0.15, 0.2) is 41.3 Å². The van der Waals surface area contributed by atoms with E-state index in [1.165, 1.54) is 39.0 Å². The fourth-order valence-electron chi connectivity index (χ4n) is 4.19. The molecule has 0 spiro atoms. The van der Waals surface area contributed by atoms with E-state index in [0.29, 0.717) is 13.8 Å². The van der Waals surface area contributed by atoms with Crippen LogP contribution in [0.2, 0.25) is 0 Å². The Labute approximate surface area is 235 Å². The number of hydrogen-bond donors (Lipinski definition) is 1. The Balaban J connectivity index is 2.09. The first-order valence-corrected chi connectivity index (χ1v) is 13.8. The molecule has 2 atom stereocenters. The van der Waals surface area contributed by atoms with Gasteiger partial charge in [-0.1, -0.05) is 6.07 Å². The van der Waals surface area contributed by atoms with Crippen LogP contribution < -0.4 is 13.8 Å². The summed E-state index contributed by atoms with van der Waals surface area (Å²) in [5, 5.41) is 9.64. The third-order valence-corrected chi connectivity index (χ3v) is 8.71. The second-order valence-electron chi connectivity index (χ2n) is 10.8. The highest BCUT2D eigenvalue weighted by molar-refractivity contribution is 7.92. The Kier molecular flexibility index (Phi) is 8.60. The molecule has 1 aliphatic heterocycles. The van der Waals surface area contributed by atoms with Crippen LogP contribution in [0.25, 0.3) is 0 Å². The molecule has 1 N–H and O–H groups in total. The van der Waals surface area contributed by atoms with E-state index in [1.54, 1.807) is 0 Å². The molecule has 2 aromatic rings. The van der Waals surface area contributed by atoms with Gasteiger partial charge in [0.15, 0.2) is 11.6 Å². The van der Waals surface area contributed by atoms with E-state index in [0.717, 1.165) is 29.6 Å². The number of carboxylic acids is 1. The van der Waals surface area contributed by atoms with E-state index in [1.807, 2.05) is 0 Å². The Morgan fingerprint density at radius 2 is 1.71 bits per heavy atom. The van der Waals surface area contributed by atoms with Crippen molar-refractivity contribution in [1.82, 2.24) is 0 Å². The predicted octanol–water partition coefficient (Wildman–Crippen LogP) is 5.11. The van der Waals surface area contributed by atoms with Gasteiger partial charge in [-0.25, -0.2) is 12.8 Å². The number of carboxylic acid groups (broad SMARTS) is 1. The number of ether oxygens (including phenoxy) is 3. The first kappa shape index (κ1) is 32.0. The lowest BCUT2D eigenvalue weighted by Gasteiger charge is -2.42. The van der Waals surface area contributed by atoms with E-state index in [-0.39, 0.29) is 34.1 Å². The monoisotopic (exact) mass is 605 g/mol. The zero-order chi connectivity index (χ0) is 31.1. The number of nitrogens with zero attached hydrogens (tertiary/aromatic N) is 1. The van der Waals surface area contributed by atoms with Crippen molar-refractivity contribution < 1.29 is 54.9 Å². The number of hydrogen-bond acceptors (Lipinski definition) is 7. The highest BCUT2D eigenvalue weighted by atomic mass is 32.2. The number of carbonyl (C=O) groups excluding carboxylic acids is 1. The molecule has 226 valence electrons. The number of aliphatic carboxylic acids is 1. The van der Waals surface area contributed by atoms with Gasteiger partial charge in [-0.05, 0) is 64.4 Å². The molecule has 0 saturated heterocycles. The normalized spacial score (nSPS) is 17.9. The number of alkyl halides is 3. The van der Waals surface area contributed by atoms with Crippen molar-refractivity contribution in [3.05, 3.63) is 47.8 Å². The molecule has 2 aromatic carbocycles. The van der Waals surface area contributed by atoms with Gasteiger partial charge in [-0.3, -0.25) is 13.9 Å². The third-order valence-electron chi connectivity index (χ3n) is 6.82. The molecule has 0 amide bonds. The minimum atomic E-state index is -4.82. The van der Waals surface area contributed by atoms with E-state index in [4.69, 9.17) is 9.47 Å². The maximum absolute atomic E-state index is 14.1. The van der Waals surface area contributed by atoms with Gasteiger partial charge < -0.3 is 19.3 Å². The molecular formula is C27H31F4NO8S. The highest BCUT2D eigenvalue weighted by Crippen LogP contribution is 2.43. The largest absolute Gasteiger partial charge is 0.494 e. The fourth-order valence-corrected chi connectivity index (χ4v) is 5.89. The third kappa shape index (κ3) is 6.52. The van der Waals surface area contributed by atoms with Crippen molar-refractivity contribution in [3.8, 4) is 11.5 Å². The van der Waals surface area contributed by atoms with Gasteiger partial charge in [0.25, 0.3) is 10.0 Å². The average Bonchev–Trinajstić information content (AvgIpc) is 2.83. The molecule has 0 radical (unpaired) electrons. The number of benzene rings is 2. The van der Waals surface area contributed by atoms with Gasteiger partial charge in [0.1, 0.15) is 11.9 Å². The van der Waals surface area contributed by atoms with Crippen LogP contribution in [0.1, 0.15) is 46.6 Å². The molecule has 41 heavy (non-hydrogen) atoms. The van der Waals surface area contributed by atoms with Gasteiger partial charge in [0.05, 0.1) is 35.6 Å². The van der Waals surface area contributed by atoms with E-state index in [9.17, 15) is 40.7 Å². The van der Waals surface area contributed by atoms with Gasteiger partial charge in [0, 0.05) is 12.5 Å². The van der Waals surface area contributed by atoms with Crippen molar-refractivity contribution in [2.75, 3.05) is 11.4 Å². The summed E-state index contributed by atoms with van der Waals surface area (Å²) in [7, 11) is -3.32. The number of halogens is 4. The molecule has 9 nitrogen and oxygen atoms in total. The summed E-state index contributed by atoms with van der Waals surface area (Å²) >= 11 is 0. The fraction of sp³-hybridized carbons (Fsp3) is 0.481. The molecule has 3 rings (SSSR count). The molecule has 1 heterocycles. The van der Waals surface area contributed by atoms with E-state index < -0.39 is 63.5 Å². The van der Waals surface area contributed by atoms with Crippen LogP contribution >= 0.6 is 0 Å². The lowest BCUT2D eigenvalue weighted by atomic mass is 9.84. The molecular weight excluding hydrogens is 574 g/mol. The lowest BCUT2D eigenvalue weighted by Crippen LogP contribution is -2.52. The number of esters is 1. The SMILES string of the molecule is COc1cc(S(=O)(=O)N2c3cc(CC(=O)OC(C)(C)C(F)(F)F)ccc3O[C@@H](CC(C)(C)C(=O)O)[C@H]2C)ccc1F. The van der Waals surface area contributed by atoms with Crippen molar-refractivity contribution in [2.45, 2.75) is 76.3 Å². The predicted molar refractivity (Wildman–Crippen MR) is 139 cm³/mol. The van der Waals surface area contributed by atoms with Gasteiger partial charge >= 0.3 is 18.1 Å². The molecule has 14 heteroatoms. The van der Waals surface area contributed by atoms with Crippen LogP contribution in [-0.2, 0) is 30.8 Å². The number of methoxy groups -OCH3 is 1. The molecule has 0 aromatic heterocycles. The van der Waals surface area contributed by atoms with Gasteiger partial charge in [-0.2, -0.15) is 13.2 Å². The van der Waals surface area contributed by atoms with Gasteiger partial charge in [-0.15, -0.1) is 0 Å². The summed E-state index contributed by atoms with van der Waals surface area (Å²) < 4.78 is 98.2. The summed E-state index contributed by atoms with van der Waals surface area (Å²) in [6.45, 7) is 5.83. The summed E-state index contributed by atoms with van der Waals surface area (Å²) in [6.07, 6.45) is -6.48. The smallest absolute Gasteiger partial charge is 0.427 e. The van der Waals surface area contributed by atoms with Crippen molar-refractivity contribution >= 4 is 27.6 Å². The Bertz CT molecular complexity index is 1440. The summed E-state index contributed by atoms with van der Waals surface area (Å²) in [6, 6.07) is 5.90. The topological polar surface area (TPSA) is 119 Å². The molecule has 0 saturated carbocycles. The minimum absolute atomic E-state index is 0.0275.